The van der Waals surface area contributed by atoms with Gasteiger partial charge in [-0.2, -0.15) is 0 Å². The Morgan fingerprint density at radius 1 is 1.38 bits per heavy atom. The smallest absolute Gasteiger partial charge is 0.550 e. The van der Waals surface area contributed by atoms with Gasteiger partial charge in [0.25, 0.3) is 0 Å². The topological polar surface area (TPSA) is 136 Å². The van der Waals surface area contributed by atoms with Crippen LogP contribution in [0.25, 0.3) is 0 Å². The van der Waals surface area contributed by atoms with E-state index in [1.807, 2.05) is 0 Å². The number of esters is 1. The zero-order chi connectivity index (χ0) is 11.9. The molecule has 0 saturated carbocycles. The molecule has 3 N–H and O–H groups in total. The van der Waals surface area contributed by atoms with Gasteiger partial charge >= 0.3 is 32.4 Å². The average Bonchev–Trinajstić information content (AvgIpc) is 2.00. The summed E-state index contributed by atoms with van der Waals surface area (Å²) in [4.78, 5) is 37.4. The Kier molecular flexibility index (Phi) is 9.87. The van der Waals surface area contributed by atoms with Crippen molar-refractivity contribution in [1.82, 2.24) is 5.32 Å². The third-order valence-corrected chi connectivity index (χ3v) is 1.79. The van der Waals surface area contributed by atoms with Gasteiger partial charge in [-0.3, -0.25) is 14.7 Å². The Morgan fingerprint density at radius 3 is 2.38 bits per heavy atom. The van der Waals surface area contributed by atoms with Crippen LogP contribution in [0.1, 0.15) is 6.42 Å². The molecular formula is C6H11LiNO7P. The van der Waals surface area contributed by atoms with E-state index in [0.717, 1.165) is 0 Å². The standard InChI is InChI=1S/C6H12NO7P.Li/c8-5(9)1-2-14-6(10)3-7-4-15(11,12)13;/h7H,1-4H2,(H,8,9)(H2,11,12,13);/q;+1/p-1. The Labute approximate surface area is 104 Å². The van der Waals surface area contributed by atoms with Crippen molar-refractivity contribution in [3.63, 3.8) is 0 Å². The van der Waals surface area contributed by atoms with E-state index < -0.39 is 38.8 Å². The molecule has 0 saturated heterocycles. The van der Waals surface area contributed by atoms with Crippen LogP contribution in [0, 0.1) is 0 Å². The molecule has 8 nitrogen and oxygen atoms in total. The van der Waals surface area contributed by atoms with E-state index in [4.69, 9.17) is 9.79 Å². The number of carbonyl (C=O) groups is 2. The van der Waals surface area contributed by atoms with E-state index in [2.05, 4.69) is 10.1 Å². The first kappa shape index (κ1) is 18.0. The molecule has 16 heavy (non-hydrogen) atoms. The number of carbonyl (C=O) groups excluding carboxylic acids is 2. The van der Waals surface area contributed by atoms with E-state index >= 15 is 0 Å². The monoisotopic (exact) mass is 247 g/mol. The molecule has 0 heterocycles. The van der Waals surface area contributed by atoms with Crippen molar-refractivity contribution in [1.29, 1.82) is 0 Å². The van der Waals surface area contributed by atoms with E-state index in [1.165, 1.54) is 0 Å². The zero-order valence-electron chi connectivity index (χ0n) is 8.71. The summed E-state index contributed by atoms with van der Waals surface area (Å²) in [6, 6.07) is 0. The third-order valence-electron chi connectivity index (χ3n) is 1.16. The largest absolute Gasteiger partial charge is 1.00 e. The normalized spacial score (nSPS) is 10.4. The Bertz CT molecular complexity index is 278. The van der Waals surface area contributed by atoms with Crippen molar-refractivity contribution in [2.75, 3.05) is 19.4 Å². The van der Waals surface area contributed by atoms with Crippen molar-refractivity contribution >= 4 is 19.5 Å². The molecule has 0 bridgehead atoms. The summed E-state index contributed by atoms with van der Waals surface area (Å²) in [5.41, 5.74) is 0. The van der Waals surface area contributed by atoms with Gasteiger partial charge in [0, 0.05) is 12.4 Å². The number of nitrogens with one attached hydrogen (secondary N) is 1. The SMILES string of the molecule is O=C([O-])CCOC(=O)CNCP(=O)(O)O.[Li+]. The van der Waals surface area contributed by atoms with Crippen molar-refractivity contribution in [3.8, 4) is 0 Å². The minimum absolute atomic E-state index is 0. The molecule has 88 valence electrons. The molecule has 0 aliphatic carbocycles. The number of ether oxygens (including phenoxy) is 1. The van der Waals surface area contributed by atoms with Gasteiger partial charge in [-0.25, -0.2) is 0 Å². The fourth-order valence-electron chi connectivity index (χ4n) is 0.603. The van der Waals surface area contributed by atoms with Gasteiger partial charge in [-0.1, -0.05) is 0 Å². The molecule has 0 unspecified atom stereocenters. The molecule has 0 aliphatic heterocycles. The molecule has 0 aromatic heterocycles. The van der Waals surface area contributed by atoms with Gasteiger partial charge in [-0.15, -0.1) is 0 Å². The van der Waals surface area contributed by atoms with E-state index in [9.17, 15) is 19.3 Å². The molecule has 0 aromatic carbocycles. The summed E-state index contributed by atoms with van der Waals surface area (Å²) < 4.78 is 14.7. The van der Waals surface area contributed by atoms with Crippen molar-refractivity contribution < 1.29 is 52.6 Å². The number of hydrogen-bond acceptors (Lipinski definition) is 6. The number of hydrogen-bond donors (Lipinski definition) is 3. The predicted octanol–water partition coefficient (Wildman–Crippen LogP) is -5.60. The maximum absolute atomic E-state index is 10.8. The summed E-state index contributed by atoms with van der Waals surface area (Å²) in [6.45, 7) is -0.711. The van der Waals surface area contributed by atoms with Crippen LogP contribution in [-0.4, -0.2) is 41.2 Å². The molecule has 10 heteroatoms. The van der Waals surface area contributed by atoms with Crippen LogP contribution in [0.3, 0.4) is 0 Å². The van der Waals surface area contributed by atoms with Gasteiger partial charge in [0.1, 0.15) is 0 Å². The van der Waals surface area contributed by atoms with Crippen molar-refractivity contribution in [3.05, 3.63) is 0 Å². The maximum Gasteiger partial charge on any atom is 1.00 e. The van der Waals surface area contributed by atoms with Gasteiger partial charge in [0.2, 0.25) is 0 Å². The second kappa shape index (κ2) is 8.76. The zero-order valence-corrected chi connectivity index (χ0v) is 9.61. The summed E-state index contributed by atoms with van der Waals surface area (Å²) in [7, 11) is -4.19. The number of carboxylic acid groups (broad SMARTS) is 1. The van der Waals surface area contributed by atoms with Crippen LogP contribution in [0.2, 0.25) is 0 Å². The van der Waals surface area contributed by atoms with Crippen LogP contribution in [0.5, 0.6) is 0 Å². The maximum atomic E-state index is 10.8. The molecule has 0 radical (unpaired) electrons. The Morgan fingerprint density at radius 2 is 1.94 bits per heavy atom. The fraction of sp³-hybridized carbons (Fsp3) is 0.667. The summed E-state index contributed by atoms with van der Waals surface area (Å²) >= 11 is 0. The van der Waals surface area contributed by atoms with Gasteiger partial charge < -0.3 is 24.4 Å². The molecule has 0 atom stereocenters. The third kappa shape index (κ3) is 13.6. The Hall–Kier alpha value is -0.353. The first-order valence-electron chi connectivity index (χ1n) is 3.92. The van der Waals surface area contributed by atoms with Gasteiger partial charge in [0.15, 0.2) is 0 Å². The minimum atomic E-state index is -4.19. The van der Waals surface area contributed by atoms with E-state index in [-0.39, 0.29) is 25.5 Å². The molecule has 0 aliphatic rings. The van der Waals surface area contributed by atoms with Crippen LogP contribution in [-0.2, 0) is 18.9 Å². The molecule has 0 spiro atoms. The van der Waals surface area contributed by atoms with Gasteiger partial charge in [0.05, 0.1) is 19.4 Å². The summed E-state index contributed by atoms with van der Waals surface area (Å²) in [5, 5.41) is 12.1. The molecule has 0 rings (SSSR count). The van der Waals surface area contributed by atoms with Crippen LogP contribution in [0.15, 0.2) is 0 Å². The second-order valence-corrected chi connectivity index (χ2v) is 4.24. The number of carboxylic acids is 1. The van der Waals surface area contributed by atoms with Crippen LogP contribution >= 0.6 is 7.60 Å². The summed E-state index contributed by atoms with van der Waals surface area (Å²) in [6.07, 6.45) is -1.05. The first-order chi connectivity index (χ1) is 6.81. The molecule has 0 fully saturated rings. The molecule has 0 amide bonds. The predicted molar refractivity (Wildman–Crippen MR) is 45.5 cm³/mol. The minimum Gasteiger partial charge on any atom is -0.550 e. The first-order valence-corrected chi connectivity index (χ1v) is 5.72. The van der Waals surface area contributed by atoms with E-state index in [1.54, 1.807) is 0 Å². The van der Waals surface area contributed by atoms with Crippen molar-refractivity contribution in [2.24, 2.45) is 0 Å². The summed E-state index contributed by atoms with van der Waals surface area (Å²) in [5.74, 6) is -2.13. The van der Waals surface area contributed by atoms with Crippen LogP contribution in [0.4, 0.5) is 0 Å². The van der Waals surface area contributed by atoms with Crippen molar-refractivity contribution in [2.45, 2.75) is 6.42 Å². The van der Waals surface area contributed by atoms with E-state index in [0.29, 0.717) is 0 Å². The molecular weight excluding hydrogens is 236 g/mol. The number of aliphatic carboxylic acids is 1. The van der Waals surface area contributed by atoms with Crippen LogP contribution < -0.4 is 29.3 Å². The second-order valence-electron chi connectivity index (χ2n) is 2.59. The Balaban J connectivity index is 0. The fourth-order valence-corrected chi connectivity index (χ4v) is 1.01. The molecule has 0 aromatic rings. The number of rotatable bonds is 7. The van der Waals surface area contributed by atoms with Gasteiger partial charge in [-0.05, 0) is 0 Å². The quantitative estimate of drug-likeness (QED) is 0.230. The average molecular weight is 247 g/mol.